The molecule has 1 unspecified atom stereocenters. The molecule has 1 N–H and O–H groups in total. The molecule has 3 aromatic rings. The van der Waals surface area contributed by atoms with Crippen molar-refractivity contribution in [2.75, 3.05) is 13.2 Å². The number of furan rings is 1. The fourth-order valence-corrected chi connectivity index (χ4v) is 4.48. The van der Waals surface area contributed by atoms with Crippen molar-refractivity contribution in [2.24, 2.45) is 0 Å². The van der Waals surface area contributed by atoms with Gasteiger partial charge in [-0.1, -0.05) is 56.2 Å². The van der Waals surface area contributed by atoms with E-state index in [0.717, 1.165) is 24.8 Å². The minimum Gasteiger partial charge on any atom is -0.503 e. The number of hydrogen-bond acceptors (Lipinski definition) is 6. The number of Topliss-reactive ketones (excluding diaryl/α,β-unsaturated/α-hetero) is 1. The number of nitrogens with zero attached hydrogens (tertiary/aromatic N) is 1. The van der Waals surface area contributed by atoms with Crippen molar-refractivity contribution >= 4 is 11.7 Å². The van der Waals surface area contributed by atoms with Crippen LogP contribution in [0.4, 0.5) is 0 Å². The molecule has 1 aliphatic heterocycles. The van der Waals surface area contributed by atoms with Crippen LogP contribution in [0.15, 0.2) is 76.4 Å². The molecule has 37 heavy (non-hydrogen) atoms. The molecule has 1 atom stereocenters. The number of carbonyl (C=O) groups excluding carboxylic acids is 2. The second-order valence-corrected chi connectivity index (χ2v) is 9.02. The lowest BCUT2D eigenvalue weighted by atomic mass is 9.94. The lowest BCUT2D eigenvalue weighted by Crippen LogP contribution is -2.30. The molecule has 0 saturated heterocycles. The summed E-state index contributed by atoms with van der Waals surface area (Å²) in [5.74, 6) is 0.0422. The predicted octanol–water partition coefficient (Wildman–Crippen LogP) is 6.33. The SMILES string of the molecule is CCCCCOc1ccc(C2C(C(=O)c3ccc(C)o3)=C(O)C(=O)N2Cc2ccccc2)cc1OCC. The van der Waals surface area contributed by atoms with Gasteiger partial charge in [0.25, 0.3) is 5.91 Å². The Balaban J connectivity index is 1.75. The van der Waals surface area contributed by atoms with Crippen molar-refractivity contribution in [1.29, 1.82) is 0 Å². The maximum Gasteiger partial charge on any atom is 0.290 e. The Morgan fingerprint density at radius 3 is 2.46 bits per heavy atom. The smallest absolute Gasteiger partial charge is 0.290 e. The molecule has 1 amide bonds. The van der Waals surface area contributed by atoms with Gasteiger partial charge in [-0.2, -0.15) is 0 Å². The fourth-order valence-electron chi connectivity index (χ4n) is 4.48. The van der Waals surface area contributed by atoms with E-state index < -0.39 is 23.5 Å². The highest BCUT2D eigenvalue weighted by Gasteiger charge is 2.44. The average Bonchev–Trinajstić information content (AvgIpc) is 3.44. The van der Waals surface area contributed by atoms with E-state index in [1.165, 1.54) is 4.90 Å². The summed E-state index contributed by atoms with van der Waals surface area (Å²) in [6.07, 6.45) is 3.10. The van der Waals surface area contributed by atoms with Gasteiger partial charge in [0.2, 0.25) is 5.78 Å². The van der Waals surface area contributed by atoms with Crippen LogP contribution in [0.5, 0.6) is 11.5 Å². The van der Waals surface area contributed by atoms with Gasteiger partial charge in [0.15, 0.2) is 23.0 Å². The molecule has 1 aromatic heterocycles. The zero-order valence-corrected chi connectivity index (χ0v) is 21.5. The minimum atomic E-state index is -0.834. The van der Waals surface area contributed by atoms with Gasteiger partial charge in [-0.25, -0.2) is 0 Å². The van der Waals surface area contributed by atoms with Crippen LogP contribution in [0.2, 0.25) is 0 Å². The van der Waals surface area contributed by atoms with Gasteiger partial charge in [-0.05, 0) is 55.7 Å². The van der Waals surface area contributed by atoms with E-state index in [0.29, 0.717) is 36.0 Å². The summed E-state index contributed by atoms with van der Waals surface area (Å²) in [6, 6.07) is 17.2. The molecule has 0 bridgehead atoms. The van der Waals surface area contributed by atoms with Crippen LogP contribution in [0.3, 0.4) is 0 Å². The number of amides is 1. The van der Waals surface area contributed by atoms with Crippen LogP contribution in [0, 0.1) is 6.92 Å². The Labute approximate surface area is 217 Å². The predicted molar refractivity (Wildman–Crippen MR) is 140 cm³/mol. The normalized spacial score (nSPS) is 15.4. The van der Waals surface area contributed by atoms with E-state index in [4.69, 9.17) is 13.9 Å². The lowest BCUT2D eigenvalue weighted by molar-refractivity contribution is -0.130. The Kier molecular flexibility index (Phi) is 8.33. The van der Waals surface area contributed by atoms with Crippen LogP contribution in [-0.4, -0.2) is 34.9 Å². The fraction of sp³-hybridized carbons (Fsp3) is 0.333. The third-order valence-corrected chi connectivity index (χ3v) is 6.30. The number of ether oxygens (including phenoxy) is 2. The van der Waals surface area contributed by atoms with E-state index >= 15 is 0 Å². The molecule has 194 valence electrons. The van der Waals surface area contributed by atoms with E-state index in [-0.39, 0.29) is 17.9 Å². The highest BCUT2D eigenvalue weighted by molar-refractivity contribution is 6.15. The first-order valence-corrected chi connectivity index (χ1v) is 12.7. The Morgan fingerprint density at radius 2 is 1.78 bits per heavy atom. The van der Waals surface area contributed by atoms with Gasteiger partial charge in [0, 0.05) is 6.54 Å². The summed E-state index contributed by atoms with van der Waals surface area (Å²) < 4.78 is 17.4. The number of unbranched alkanes of at least 4 members (excludes halogenated alkanes) is 2. The monoisotopic (exact) mass is 503 g/mol. The van der Waals surface area contributed by atoms with Gasteiger partial charge in [-0.3, -0.25) is 9.59 Å². The van der Waals surface area contributed by atoms with Crippen LogP contribution >= 0.6 is 0 Å². The van der Waals surface area contributed by atoms with Crippen LogP contribution in [-0.2, 0) is 11.3 Å². The Bertz CT molecular complexity index is 1280. The van der Waals surface area contributed by atoms with E-state index in [1.807, 2.05) is 43.3 Å². The Morgan fingerprint density at radius 1 is 1.00 bits per heavy atom. The van der Waals surface area contributed by atoms with Gasteiger partial charge >= 0.3 is 0 Å². The molecule has 4 rings (SSSR count). The van der Waals surface area contributed by atoms with Crippen molar-refractivity contribution in [3.8, 4) is 11.5 Å². The van der Waals surface area contributed by atoms with Gasteiger partial charge in [0.1, 0.15) is 5.76 Å². The maximum absolute atomic E-state index is 13.5. The first kappa shape index (κ1) is 26.1. The summed E-state index contributed by atoms with van der Waals surface area (Å²) in [7, 11) is 0. The molecular formula is C30H33NO6. The number of hydrogen-bond donors (Lipinski definition) is 1. The molecule has 2 heterocycles. The van der Waals surface area contributed by atoms with Crippen molar-refractivity contribution in [1.82, 2.24) is 4.90 Å². The van der Waals surface area contributed by atoms with E-state index in [9.17, 15) is 14.7 Å². The molecule has 7 nitrogen and oxygen atoms in total. The molecular weight excluding hydrogens is 470 g/mol. The lowest BCUT2D eigenvalue weighted by Gasteiger charge is -2.27. The third-order valence-electron chi connectivity index (χ3n) is 6.30. The van der Waals surface area contributed by atoms with Crippen LogP contribution in [0.25, 0.3) is 0 Å². The zero-order chi connectivity index (χ0) is 26.4. The van der Waals surface area contributed by atoms with Crippen molar-refractivity contribution in [2.45, 2.75) is 52.6 Å². The van der Waals surface area contributed by atoms with Crippen LogP contribution < -0.4 is 9.47 Å². The topological polar surface area (TPSA) is 89.2 Å². The van der Waals surface area contributed by atoms with Gasteiger partial charge in [-0.15, -0.1) is 0 Å². The highest BCUT2D eigenvalue weighted by Crippen LogP contribution is 2.42. The van der Waals surface area contributed by atoms with E-state index in [1.54, 1.807) is 31.2 Å². The number of carbonyl (C=O) groups is 2. The molecule has 2 aromatic carbocycles. The Hall–Kier alpha value is -4.00. The summed E-state index contributed by atoms with van der Waals surface area (Å²) in [5.41, 5.74) is 1.48. The molecule has 0 radical (unpaired) electrons. The number of aliphatic hydroxyl groups is 1. The molecule has 7 heteroatoms. The zero-order valence-electron chi connectivity index (χ0n) is 21.5. The molecule has 1 aliphatic rings. The van der Waals surface area contributed by atoms with Crippen LogP contribution in [0.1, 0.15) is 66.6 Å². The van der Waals surface area contributed by atoms with Gasteiger partial charge < -0.3 is 23.9 Å². The third kappa shape index (κ3) is 5.71. The van der Waals surface area contributed by atoms with Crippen molar-refractivity contribution in [3.05, 3.63) is 94.6 Å². The summed E-state index contributed by atoms with van der Waals surface area (Å²) in [5, 5.41) is 10.9. The molecule has 0 fully saturated rings. The number of ketones is 1. The van der Waals surface area contributed by atoms with Crippen molar-refractivity contribution in [3.63, 3.8) is 0 Å². The van der Waals surface area contributed by atoms with Crippen molar-refractivity contribution < 1.29 is 28.6 Å². The summed E-state index contributed by atoms with van der Waals surface area (Å²) >= 11 is 0. The molecule has 0 aliphatic carbocycles. The standard InChI is InChI=1S/C30H33NO6/c1-4-6-10-17-36-23-16-14-22(18-25(23)35-5-2)27-26(28(32)24-15-13-20(3)37-24)29(33)30(34)31(27)19-21-11-8-7-9-12-21/h7-9,11-16,18,27,33H,4-6,10,17,19H2,1-3H3. The molecule has 0 saturated carbocycles. The highest BCUT2D eigenvalue weighted by atomic mass is 16.5. The maximum atomic E-state index is 13.5. The second-order valence-electron chi connectivity index (χ2n) is 9.02. The summed E-state index contributed by atoms with van der Waals surface area (Å²) in [6.45, 7) is 6.95. The first-order chi connectivity index (χ1) is 17.9. The summed E-state index contributed by atoms with van der Waals surface area (Å²) in [4.78, 5) is 28.3. The largest absolute Gasteiger partial charge is 0.503 e. The number of aliphatic hydroxyl groups excluding tert-OH is 1. The van der Waals surface area contributed by atoms with Gasteiger partial charge in [0.05, 0.1) is 24.8 Å². The first-order valence-electron chi connectivity index (χ1n) is 12.7. The second kappa shape index (κ2) is 11.8. The van der Waals surface area contributed by atoms with E-state index in [2.05, 4.69) is 6.92 Å². The number of aryl methyl sites for hydroxylation is 1. The number of benzene rings is 2. The quantitative estimate of drug-likeness (QED) is 0.229. The molecule has 0 spiro atoms. The number of rotatable bonds is 12. The average molecular weight is 504 g/mol. The minimum absolute atomic E-state index is 0.0191.